The molecule has 0 spiro atoms. The molecule has 1 aromatic carbocycles. The summed E-state index contributed by atoms with van der Waals surface area (Å²) in [5.41, 5.74) is 3.19. The molecule has 15 heavy (non-hydrogen) atoms. The zero-order valence-electron chi connectivity index (χ0n) is 9.67. The molecule has 0 saturated carbocycles. The van der Waals surface area contributed by atoms with Crippen molar-refractivity contribution in [3.05, 3.63) is 34.9 Å². The second-order valence-corrected chi connectivity index (χ2v) is 4.90. The minimum Gasteiger partial charge on any atom is -0.293 e. The molecule has 0 atom stereocenters. The molecule has 0 bridgehead atoms. The van der Waals surface area contributed by atoms with E-state index < -0.39 is 0 Å². The van der Waals surface area contributed by atoms with Crippen molar-refractivity contribution in [3.8, 4) is 0 Å². The minimum atomic E-state index is 0.256. The van der Waals surface area contributed by atoms with Crippen LogP contribution in [0.3, 0.4) is 0 Å². The van der Waals surface area contributed by atoms with Gasteiger partial charge in [0.2, 0.25) is 0 Å². The van der Waals surface area contributed by atoms with Gasteiger partial charge in [0.25, 0.3) is 0 Å². The standard InChI is InChI=1S/C13H18OS/c1-4-7-15-9-13(14)12-6-5-10(2)8-11(12)3/h5-6,8H,4,7,9H2,1-3H3. The first-order valence-electron chi connectivity index (χ1n) is 5.33. The lowest BCUT2D eigenvalue weighted by Crippen LogP contribution is -2.05. The molecular weight excluding hydrogens is 204 g/mol. The van der Waals surface area contributed by atoms with Gasteiger partial charge in [-0.05, 0) is 31.6 Å². The van der Waals surface area contributed by atoms with E-state index in [1.807, 2.05) is 26.0 Å². The number of hydrogen-bond donors (Lipinski definition) is 0. The maximum absolute atomic E-state index is 11.8. The van der Waals surface area contributed by atoms with Crippen LogP contribution in [0.2, 0.25) is 0 Å². The van der Waals surface area contributed by atoms with E-state index in [2.05, 4.69) is 13.0 Å². The van der Waals surface area contributed by atoms with Gasteiger partial charge in [0.05, 0.1) is 5.75 Å². The van der Waals surface area contributed by atoms with Crippen molar-refractivity contribution in [2.24, 2.45) is 0 Å². The Morgan fingerprint density at radius 2 is 2.07 bits per heavy atom. The van der Waals surface area contributed by atoms with Crippen molar-refractivity contribution in [3.63, 3.8) is 0 Å². The molecule has 0 radical (unpaired) electrons. The molecule has 1 aromatic rings. The summed E-state index contributed by atoms with van der Waals surface area (Å²) in [6, 6.07) is 6.02. The second kappa shape index (κ2) is 5.96. The summed E-state index contributed by atoms with van der Waals surface area (Å²) in [6.07, 6.45) is 1.13. The van der Waals surface area contributed by atoms with Gasteiger partial charge in [-0.25, -0.2) is 0 Å². The number of ketones is 1. The monoisotopic (exact) mass is 222 g/mol. The summed E-state index contributed by atoms with van der Waals surface area (Å²) in [5, 5.41) is 0. The Hall–Kier alpha value is -0.760. The molecule has 1 rings (SSSR count). The van der Waals surface area contributed by atoms with Gasteiger partial charge >= 0.3 is 0 Å². The average molecular weight is 222 g/mol. The number of benzene rings is 1. The van der Waals surface area contributed by atoms with E-state index in [1.54, 1.807) is 11.8 Å². The summed E-state index contributed by atoms with van der Waals surface area (Å²) >= 11 is 1.72. The number of aryl methyl sites for hydroxylation is 2. The number of carbonyl (C=O) groups excluding carboxylic acids is 1. The van der Waals surface area contributed by atoms with Crippen molar-refractivity contribution in [1.29, 1.82) is 0 Å². The van der Waals surface area contributed by atoms with Crippen LogP contribution in [0.15, 0.2) is 18.2 Å². The van der Waals surface area contributed by atoms with E-state index >= 15 is 0 Å². The molecule has 0 aliphatic carbocycles. The van der Waals surface area contributed by atoms with Gasteiger partial charge in [0.15, 0.2) is 5.78 Å². The molecule has 0 saturated heterocycles. The molecule has 0 heterocycles. The first kappa shape index (κ1) is 12.3. The molecule has 0 N–H and O–H groups in total. The highest BCUT2D eigenvalue weighted by Gasteiger charge is 2.08. The second-order valence-electron chi connectivity index (χ2n) is 3.79. The van der Waals surface area contributed by atoms with E-state index in [-0.39, 0.29) is 5.78 Å². The summed E-state index contributed by atoms with van der Waals surface area (Å²) in [5.74, 6) is 1.93. The minimum absolute atomic E-state index is 0.256. The Kier molecular flexibility index (Phi) is 4.89. The highest BCUT2D eigenvalue weighted by atomic mass is 32.2. The van der Waals surface area contributed by atoms with Crippen LogP contribution in [-0.2, 0) is 0 Å². The van der Waals surface area contributed by atoms with E-state index in [0.717, 1.165) is 23.3 Å². The molecule has 0 aromatic heterocycles. The van der Waals surface area contributed by atoms with E-state index in [4.69, 9.17) is 0 Å². The van der Waals surface area contributed by atoms with Crippen LogP contribution in [-0.4, -0.2) is 17.3 Å². The first-order valence-corrected chi connectivity index (χ1v) is 6.48. The van der Waals surface area contributed by atoms with Crippen molar-refractivity contribution in [2.45, 2.75) is 27.2 Å². The number of carbonyl (C=O) groups is 1. The Balaban J connectivity index is 2.65. The third-order valence-electron chi connectivity index (χ3n) is 2.26. The average Bonchev–Trinajstić information content (AvgIpc) is 2.17. The molecular formula is C13H18OS. The largest absolute Gasteiger partial charge is 0.293 e. The van der Waals surface area contributed by atoms with Crippen molar-refractivity contribution < 1.29 is 4.79 Å². The molecule has 0 unspecified atom stereocenters. The van der Waals surface area contributed by atoms with E-state index in [0.29, 0.717) is 5.75 Å². The summed E-state index contributed by atoms with van der Waals surface area (Å²) in [4.78, 5) is 11.8. The number of thioether (sulfide) groups is 1. The molecule has 0 aliphatic heterocycles. The van der Waals surface area contributed by atoms with Crippen LogP contribution in [0.4, 0.5) is 0 Å². The SMILES string of the molecule is CCCSCC(=O)c1ccc(C)cc1C. The number of hydrogen-bond acceptors (Lipinski definition) is 2. The lowest BCUT2D eigenvalue weighted by Gasteiger charge is -2.05. The highest BCUT2D eigenvalue weighted by molar-refractivity contribution is 7.99. The Morgan fingerprint density at radius 1 is 1.33 bits per heavy atom. The topological polar surface area (TPSA) is 17.1 Å². The maximum Gasteiger partial charge on any atom is 0.172 e. The Labute approximate surface area is 96.3 Å². The molecule has 82 valence electrons. The van der Waals surface area contributed by atoms with Gasteiger partial charge in [0, 0.05) is 5.56 Å². The predicted molar refractivity (Wildman–Crippen MR) is 67.9 cm³/mol. The number of Topliss-reactive ketones (excluding diaryl/α,β-unsaturated/α-hetero) is 1. The summed E-state index contributed by atoms with van der Waals surface area (Å²) in [6.45, 7) is 6.19. The molecule has 2 heteroatoms. The zero-order valence-corrected chi connectivity index (χ0v) is 10.5. The molecule has 0 amide bonds. The fourth-order valence-electron chi connectivity index (χ4n) is 1.51. The molecule has 1 nitrogen and oxygen atoms in total. The lowest BCUT2D eigenvalue weighted by atomic mass is 10.0. The Morgan fingerprint density at radius 3 is 2.67 bits per heavy atom. The highest BCUT2D eigenvalue weighted by Crippen LogP contribution is 2.14. The quantitative estimate of drug-likeness (QED) is 0.559. The van der Waals surface area contributed by atoms with Crippen LogP contribution in [0.5, 0.6) is 0 Å². The van der Waals surface area contributed by atoms with E-state index in [1.165, 1.54) is 5.56 Å². The van der Waals surface area contributed by atoms with E-state index in [9.17, 15) is 4.79 Å². The van der Waals surface area contributed by atoms with Crippen LogP contribution in [0.25, 0.3) is 0 Å². The lowest BCUT2D eigenvalue weighted by molar-refractivity contribution is 0.102. The van der Waals surface area contributed by atoms with Gasteiger partial charge in [-0.2, -0.15) is 11.8 Å². The Bertz CT molecular complexity index is 344. The van der Waals surface area contributed by atoms with Gasteiger partial charge in [-0.15, -0.1) is 0 Å². The molecule has 0 fully saturated rings. The van der Waals surface area contributed by atoms with Crippen molar-refractivity contribution in [2.75, 3.05) is 11.5 Å². The van der Waals surface area contributed by atoms with Gasteiger partial charge < -0.3 is 0 Å². The van der Waals surface area contributed by atoms with Gasteiger partial charge in [-0.3, -0.25) is 4.79 Å². The van der Waals surface area contributed by atoms with Gasteiger partial charge in [0.1, 0.15) is 0 Å². The third-order valence-corrected chi connectivity index (χ3v) is 3.43. The van der Waals surface area contributed by atoms with Crippen LogP contribution in [0.1, 0.15) is 34.8 Å². The summed E-state index contributed by atoms with van der Waals surface area (Å²) < 4.78 is 0. The smallest absolute Gasteiger partial charge is 0.172 e. The predicted octanol–water partition coefficient (Wildman–Crippen LogP) is 3.63. The first-order chi connectivity index (χ1) is 7.15. The van der Waals surface area contributed by atoms with Crippen molar-refractivity contribution >= 4 is 17.5 Å². The van der Waals surface area contributed by atoms with Crippen molar-refractivity contribution in [1.82, 2.24) is 0 Å². The maximum atomic E-state index is 11.8. The normalized spacial score (nSPS) is 10.3. The van der Waals surface area contributed by atoms with Gasteiger partial charge in [-0.1, -0.05) is 30.7 Å². The van der Waals surface area contributed by atoms with Crippen LogP contribution < -0.4 is 0 Å². The molecule has 0 aliphatic rings. The fourth-order valence-corrected chi connectivity index (χ4v) is 2.29. The zero-order chi connectivity index (χ0) is 11.3. The summed E-state index contributed by atoms with van der Waals surface area (Å²) in [7, 11) is 0. The fraction of sp³-hybridized carbons (Fsp3) is 0.462. The van der Waals surface area contributed by atoms with Crippen LogP contribution in [0, 0.1) is 13.8 Å². The van der Waals surface area contributed by atoms with Crippen LogP contribution >= 0.6 is 11.8 Å². The third kappa shape index (κ3) is 3.71. The number of rotatable bonds is 5.